The second-order valence-electron chi connectivity index (χ2n) is 6.53. The number of thiocarbonyl (C=S) groups is 1. The molecule has 0 radical (unpaired) electrons. The van der Waals surface area contributed by atoms with Crippen LogP contribution in [0.25, 0.3) is 6.08 Å². The third-order valence-electron chi connectivity index (χ3n) is 4.83. The molecule has 0 unspecified atom stereocenters. The second-order valence-corrected chi connectivity index (χ2v) is 6.92. The normalized spacial score (nSPS) is 15.4. The highest BCUT2D eigenvalue weighted by Crippen LogP contribution is 2.29. The van der Waals surface area contributed by atoms with Gasteiger partial charge in [0.25, 0.3) is 11.8 Å². The Balaban J connectivity index is 2.01. The van der Waals surface area contributed by atoms with Crippen LogP contribution >= 0.6 is 12.2 Å². The van der Waals surface area contributed by atoms with Crippen molar-refractivity contribution in [2.45, 2.75) is 13.8 Å². The number of rotatable bonds is 6. The van der Waals surface area contributed by atoms with Gasteiger partial charge in [0.2, 0.25) is 0 Å². The van der Waals surface area contributed by atoms with E-state index in [-0.39, 0.29) is 10.7 Å². The topological polar surface area (TPSA) is 61.9 Å². The molecule has 0 atom stereocenters. The van der Waals surface area contributed by atoms with Crippen LogP contribution in [0.4, 0.5) is 15.8 Å². The minimum absolute atomic E-state index is 0.0578. The van der Waals surface area contributed by atoms with Gasteiger partial charge in [-0.15, -0.1) is 0 Å². The molecule has 2 aromatic carbocycles. The molecule has 30 heavy (non-hydrogen) atoms. The number of methoxy groups -OCH3 is 1. The van der Waals surface area contributed by atoms with Crippen molar-refractivity contribution in [3.63, 3.8) is 0 Å². The fraction of sp³-hybridized carbons (Fsp3) is 0.227. The minimum Gasteiger partial charge on any atom is -0.496 e. The second kappa shape index (κ2) is 9.04. The Bertz CT molecular complexity index is 1020. The van der Waals surface area contributed by atoms with Gasteiger partial charge in [-0.05, 0) is 68.5 Å². The van der Waals surface area contributed by atoms with Gasteiger partial charge in [0, 0.05) is 30.4 Å². The van der Waals surface area contributed by atoms with Gasteiger partial charge in [0.15, 0.2) is 5.11 Å². The van der Waals surface area contributed by atoms with Crippen molar-refractivity contribution in [2.24, 2.45) is 0 Å². The molecule has 1 aliphatic heterocycles. The highest BCUT2D eigenvalue weighted by atomic mass is 32.1. The zero-order valence-electron chi connectivity index (χ0n) is 16.9. The smallest absolute Gasteiger partial charge is 0.270 e. The molecule has 0 spiro atoms. The van der Waals surface area contributed by atoms with Crippen LogP contribution in [0.5, 0.6) is 5.75 Å². The molecule has 0 saturated carbocycles. The third-order valence-corrected chi connectivity index (χ3v) is 5.12. The molecule has 0 aliphatic carbocycles. The fourth-order valence-electron chi connectivity index (χ4n) is 3.24. The molecule has 1 N–H and O–H groups in total. The van der Waals surface area contributed by atoms with E-state index in [4.69, 9.17) is 17.0 Å². The molecule has 1 aliphatic rings. The SMILES string of the molecule is CCN(CC)c1ccc(/C=C2\C(=O)NC(=S)N(c3ccc(F)cc3)C2=O)c(OC)c1. The van der Waals surface area contributed by atoms with Crippen LogP contribution in [-0.2, 0) is 9.59 Å². The predicted octanol–water partition coefficient (Wildman–Crippen LogP) is 3.51. The van der Waals surface area contributed by atoms with Crippen molar-refractivity contribution >= 4 is 46.6 Å². The molecular formula is C22H22FN3O3S. The minimum atomic E-state index is -0.599. The highest BCUT2D eigenvalue weighted by Gasteiger charge is 2.34. The Morgan fingerprint density at radius 2 is 1.80 bits per heavy atom. The van der Waals surface area contributed by atoms with Crippen LogP contribution in [0.2, 0.25) is 0 Å². The van der Waals surface area contributed by atoms with Crippen LogP contribution in [0.3, 0.4) is 0 Å². The number of ether oxygens (including phenoxy) is 1. The summed E-state index contributed by atoms with van der Waals surface area (Å²) in [5.41, 5.74) is 1.83. The quantitative estimate of drug-likeness (QED) is 0.434. The molecule has 0 bridgehead atoms. The summed E-state index contributed by atoms with van der Waals surface area (Å²) >= 11 is 5.16. The number of nitrogens with one attached hydrogen (secondary N) is 1. The molecule has 1 fully saturated rings. The molecule has 8 heteroatoms. The first-order valence-electron chi connectivity index (χ1n) is 9.49. The van der Waals surface area contributed by atoms with Gasteiger partial charge < -0.3 is 9.64 Å². The van der Waals surface area contributed by atoms with Gasteiger partial charge in [0.1, 0.15) is 17.1 Å². The number of hydrogen-bond donors (Lipinski definition) is 1. The highest BCUT2D eigenvalue weighted by molar-refractivity contribution is 7.80. The summed E-state index contributed by atoms with van der Waals surface area (Å²) in [7, 11) is 1.53. The molecule has 1 heterocycles. The van der Waals surface area contributed by atoms with E-state index >= 15 is 0 Å². The van der Waals surface area contributed by atoms with E-state index in [1.54, 1.807) is 6.07 Å². The lowest BCUT2D eigenvalue weighted by Crippen LogP contribution is -2.54. The van der Waals surface area contributed by atoms with Gasteiger partial charge in [-0.3, -0.25) is 19.8 Å². The maximum absolute atomic E-state index is 13.3. The Hall–Kier alpha value is -3.26. The third kappa shape index (κ3) is 4.18. The number of halogens is 1. The Morgan fingerprint density at radius 1 is 1.13 bits per heavy atom. The van der Waals surface area contributed by atoms with Crippen molar-refractivity contribution in [2.75, 3.05) is 30.0 Å². The number of amides is 2. The van der Waals surface area contributed by atoms with Crippen molar-refractivity contribution in [3.8, 4) is 5.75 Å². The van der Waals surface area contributed by atoms with Crippen LogP contribution in [0, 0.1) is 5.82 Å². The lowest BCUT2D eigenvalue weighted by atomic mass is 10.1. The molecule has 0 aromatic heterocycles. The first-order valence-corrected chi connectivity index (χ1v) is 9.90. The summed E-state index contributed by atoms with van der Waals surface area (Å²) in [5, 5.41) is 2.46. The Morgan fingerprint density at radius 3 is 2.40 bits per heavy atom. The van der Waals surface area contributed by atoms with Crippen LogP contribution < -0.4 is 19.9 Å². The van der Waals surface area contributed by atoms with Crippen molar-refractivity contribution < 1.29 is 18.7 Å². The standard InChI is InChI=1S/C22H22FN3O3S/c1-4-25(5-2)17-9-6-14(19(13-17)29-3)12-18-20(27)24-22(30)26(21(18)28)16-10-7-15(23)8-11-16/h6-13H,4-5H2,1-3H3,(H,24,27,30)/b18-12+. The van der Waals surface area contributed by atoms with E-state index in [0.717, 1.165) is 18.8 Å². The van der Waals surface area contributed by atoms with Crippen LogP contribution in [-0.4, -0.2) is 37.1 Å². The summed E-state index contributed by atoms with van der Waals surface area (Å²) in [6.45, 7) is 5.80. The van der Waals surface area contributed by atoms with Gasteiger partial charge >= 0.3 is 0 Å². The number of carbonyl (C=O) groups is 2. The summed E-state index contributed by atoms with van der Waals surface area (Å²) in [6.07, 6.45) is 1.47. The number of benzene rings is 2. The van der Waals surface area contributed by atoms with Crippen molar-refractivity contribution in [3.05, 3.63) is 59.4 Å². The fourth-order valence-corrected chi connectivity index (χ4v) is 3.52. The monoisotopic (exact) mass is 427 g/mol. The number of hydrogen-bond acceptors (Lipinski definition) is 5. The van der Waals surface area contributed by atoms with Crippen LogP contribution in [0.15, 0.2) is 48.0 Å². The number of carbonyl (C=O) groups excluding carboxylic acids is 2. The van der Waals surface area contributed by atoms with Gasteiger partial charge in [-0.1, -0.05) is 0 Å². The Kier molecular flexibility index (Phi) is 6.47. The maximum atomic E-state index is 13.3. The number of nitrogens with zero attached hydrogens (tertiary/aromatic N) is 2. The molecule has 6 nitrogen and oxygen atoms in total. The van der Waals surface area contributed by atoms with E-state index < -0.39 is 17.6 Å². The number of anilines is 2. The first-order chi connectivity index (χ1) is 14.4. The van der Waals surface area contributed by atoms with Gasteiger partial charge in [-0.2, -0.15) is 0 Å². The summed E-state index contributed by atoms with van der Waals surface area (Å²) in [5.74, 6) is -1.09. The largest absolute Gasteiger partial charge is 0.496 e. The summed E-state index contributed by atoms with van der Waals surface area (Å²) < 4.78 is 18.8. The predicted molar refractivity (Wildman–Crippen MR) is 119 cm³/mol. The molecule has 3 rings (SSSR count). The average molecular weight is 428 g/mol. The van der Waals surface area contributed by atoms with Crippen LogP contribution in [0.1, 0.15) is 19.4 Å². The van der Waals surface area contributed by atoms with E-state index in [1.807, 2.05) is 12.1 Å². The van der Waals surface area contributed by atoms with Gasteiger partial charge in [0.05, 0.1) is 12.8 Å². The lowest BCUT2D eigenvalue weighted by Gasteiger charge is -2.29. The molecular weight excluding hydrogens is 405 g/mol. The van der Waals surface area contributed by atoms with E-state index in [9.17, 15) is 14.0 Å². The molecule has 2 amide bonds. The average Bonchev–Trinajstić information content (AvgIpc) is 2.73. The summed E-state index contributed by atoms with van der Waals surface area (Å²) in [4.78, 5) is 28.9. The van der Waals surface area contributed by atoms with Crippen molar-refractivity contribution in [1.29, 1.82) is 0 Å². The first kappa shape index (κ1) is 21.4. The molecule has 2 aromatic rings. The van der Waals surface area contributed by atoms with E-state index in [2.05, 4.69) is 24.1 Å². The molecule has 1 saturated heterocycles. The maximum Gasteiger partial charge on any atom is 0.270 e. The zero-order chi connectivity index (χ0) is 21.8. The zero-order valence-corrected chi connectivity index (χ0v) is 17.8. The lowest BCUT2D eigenvalue weighted by molar-refractivity contribution is -0.122. The van der Waals surface area contributed by atoms with E-state index in [1.165, 1.54) is 42.4 Å². The van der Waals surface area contributed by atoms with Gasteiger partial charge in [-0.25, -0.2) is 4.39 Å². The summed E-state index contributed by atoms with van der Waals surface area (Å²) in [6, 6.07) is 10.9. The van der Waals surface area contributed by atoms with Crippen molar-refractivity contribution in [1.82, 2.24) is 5.32 Å². The molecule has 156 valence electrons. The Labute approximate surface area is 179 Å². The van der Waals surface area contributed by atoms with E-state index in [0.29, 0.717) is 17.0 Å².